The molecule has 4 rings (SSSR count). The van der Waals surface area contributed by atoms with Gasteiger partial charge in [-0.3, -0.25) is 4.79 Å². The second-order valence-electron chi connectivity index (χ2n) is 6.85. The molecule has 1 aromatic heterocycles. The molecule has 0 radical (unpaired) electrons. The van der Waals surface area contributed by atoms with Gasteiger partial charge in [0.1, 0.15) is 12.2 Å². The predicted molar refractivity (Wildman–Crippen MR) is 97.8 cm³/mol. The van der Waals surface area contributed by atoms with Crippen LogP contribution >= 0.6 is 0 Å². The fraction of sp³-hybridized carbons (Fsp3) is 0.400. The van der Waals surface area contributed by atoms with Crippen LogP contribution in [0.25, 0.3) is 0 Å². The minimum absolute atomic E-state index is 0.0103. The largest absolute Gasteiger partial charge is 0.472 e. The number of amides is 1. The van der Waals surface area contributed by atoms with Crippen LogP contribution in [-0.2, 0) is 11.2 Å². The molecule has 8 nitrogen and oxygen atoms in total. The molecule has 0 atom stereocenters. The second kappa shape index (κ2) is 8.13. The number of nitrogens with one attached hydrogen (secondary N) is 1. The monoisotopic (exact) mass is 380 g/mol. The number of nitriles is 1. The molecule has 0 saturated heterocycles. The Labute approximate surface area is 162 Å². The average molecular weight is 380 g/mol. The van der Waals surface area contributed by atoms with Gasteiger partial charge in [-0.1, -0.05) is 6.07 Å². The minimum Gasteiger partial charge on any atom is -0.472 e. The number of carbonyl (C=O) groups is 1. The molecule has 144 valence electrons. The quantitative estimate of drug-likeness (QED) is 0.847. The number of ether oxygens (including phenoxy) is 3. The fourth-order valence-electron chi connectivity index (χ4n) is 3.49. The highest BCUT2D eigenvalue weighted by atomic mass is 16.7. The van der Waals surface area contributed by atoms with Crippen molar-refractivity contribution < 1.29 is 19.0 Å². The molecule has 1 N–H and O–H groups in total. The van der Waals surface area contributed by atoms with Crippen LogP contribution in [0.15, 0.2) is 30.6 Å². The van der Waals surface area contributed by atoms with Gasteiger partial charge in [-0.2, -0.15) is 5.26 Å². The number of rotatable bonds is 5. The topological polar surface area (TPSA) is 106 Å². The lowest BCUT2D eigenvalue weighted by Crippen LogP contribution is -2.40. The van der Waals surface area contributed by atoms with Crippen molar-refractivity contribution in [1.82, 2.24) is 15.3 Å². The Morgan fingerprint density at radius 2 is 1.96 bits per heavy atom. The highest BCUT2D eigenvalue weighted by Crippen LogP contribution is 2.32. The lowest BCUT2D eigenvalue weighted by molar-refractivity contribution is -0.121. The Bertz CT molecular complexity index is 903. The Hall–Kier alpha value is -3.34. The summed E-state index contributed by atoms with van der Waals surface area (Å²) in [5.74, 6) is 1.66. The van der Waals surface area contributed by atoms with Crippen LogP contribution in [0.1, 0.15) is 36.9 Å². The van der Waals surface area contributed by atoms with Gasteiger partial charge in [0.2, 0.25) is 18.4 Å². The van der Waals surface area contributed by atoms with Crippen molar-refractivity contribution in [2.75, 3.05) is 6.79 Å². The van der Waals surface area contributed by atoms with E-state index in [0.717, 1.165) is 31.2 Å². The van der Waals surface area contributed by atoms with Gasteiger partial charge in [-0.15, -0.1) is 0 Å². The van der Waals surface area contributed by atoms with Crippen molar-refractivity contribution in [3.8, 4) is 23.4 Å². The van der Waals surface area contributed by atoms with Crippen molar-refractivity contribution in [3.63, 3.8) is 0 Å². The van der Waals surface area contributed by atoms with E-state index >= 15 is 0 Å². The second-order valence-corrected chi connectivity index (χ2v) is 6.85. The fourth-order valence-corrected chi connectivity index (χ4v) is 3.49. The van der Waals surface area contributed by atoms with Crippen molar-refractivity contribution in [3.05, 3.63) is 41.9 Å². The minimum atomic E-state index is -0.0224. The summed E-state index contributed by atoms with van der Waals surface area (Å²) in [5, 5.41) is 12.2. The summed E-state index contributed by atoms with van der Waals surface area (Å²) in [6, 6.07) is 7.67. The molecule has 1 fully saturated rings. The van der Waals surface area contributed by atoms with Gasteiger partial charge in [0, 0.05) is 18.4 Å². The number of benzene rings is 1. The average Bonchev–Trinajstić information content (AvgIpc) is 3.18. The Morgan fingerprint density at radius 3 is 2.79 bits per heavy atom. The van der Waals surface area contributed by atoms with Gasteiger partial charge in [0.25, 0.3) is 5.88 Å². The van der Waals surface area contributed by atoms with Gasteiger partial charge in [-0.05, 0) is 43.4 Å². The zero-order valence-corrected chi connectivity index (χ0v) is 15.3. The van der Waals surface area contributed by atoms with Gasteiger partial charge in [0.15, 0.2) is 11.5 Å². The van der Waals surface area contributed by atoms with Crippen LogP contribution < -0.4 is 19.5 Å². The van der Waals surface area contributed by atoms with E-state index in [-0.39, 0.29) is 36.4 Å². The standard InChI is InChI=1S/C20H20N4O4/c21-11-16-20(23-8-7-22-16)28-15-4-2-14(3-5-15)24-19(25)10-13-1-6-17-18(9-13)27-12-26-17/h1,6-9,14-15H,2-5,10,12H2,(H,24,25). The number of hydrogen-bond acceptors (Lipinski definition) is 7. The molecule has 1 saturated carbocycles. The Morgan fingerprint density at radius 1 is 1.18 bits per heavy atom. The normalized spacial score (nSPS) is 20.2. The third-order valence-corrected chi connectivity index (χ3v) is 4.89. The molecule has 2 aromatic rings. The highest BCUT2D eigenvalue weighted by molar-refractivity contribution is 5.79. The Balaban J connectivity index is 1.25. The smallest absolute Gasteiger partial charge is 0.251 e. The molecule has 1 aliphatic heterocycles. The van der Waals surface area contributed by atoms with E-state index in [1.165, 1.54) is 12.4 Å². The van der Waals surface area contributed by atoms with Crippen molar-refractivity contribution >= 4 is 5.91 Å². The lowest BCUT2D eigenvalue weighted by Gasteiger charge is -2.29. The van der Waals surface area contributed by atoms with Gasteiger partial charge < -0.3 is 19.5 Å². The summed E-state index contributed by atoms with van der Waals surface area (Å²) in [5.41, 5.74) is 1.09. The van der Waals surface area contributed by atoms with E-state index < -0.39 is 0 Å². The Kier molecular flexibility index (Phi) is 5.24. The molecule has 1 aliphatic carbocycles. The van der Waals surface area contributed by atoms with E-state index in [4.69, 9.17) is 19.5 Å². The molecule has 2 aliphatic rings. The van der Waals surface area contributed by atoms with E-state index in [1.807, 2.05) is 24.3 Å². The molecule has 1 aromatic carbocycles. The van der Waals surface area contributed by atoms with Crippen molar-refractivity contribution in [1.29, 1.82) is 5.26 Å². The summed E-state index contributed by atoms with van der Waals surface area (Å²) in [6.45, 7) is 0.223. The van der Waals surface area contributed by atoms with Gasteiger partial charge in [-0.25, -0.2) is 9.97 Å². The van der Waals surface area contributed by atoms with Gasteiger partial charge in [0.05, 0.1) is 6.42 Å². The van der Waals surface area contributed by atoms with Crippen LogP contribution in [0.5, 0.6) is 17.4 Å². The number of hydrogen-bond donors (Lipinski definition) is 1. The molecule has 0 bridgehead atoms. The third kappa shape index (κ3) is 4.14. The van der Waals surface area contributed by atoms with Crippen molar-refractivity contribution in [2.45, 2.75) is 44.2 Å². The first-order valence-electron chi connectivity index (χ1n) is 9.27. The van der Waals surface area contributed by atoms with E-state index in [0.29, 0.717) is 17.9 Å². The molecule has 0 spiro atoms. The summed E-state index contributed by atoms with van der Waals surface area (Å²) in [6.07, 6.45) is 6.48. The molecule has 8 heteroatoms. The molecule has 0 unspecified atom stereocenters. The maximum absolute atomic E-state index is 12.4. The first-order valence-corrected chi connectivity index (χ1v) is 9.27. The van der Waals surface area contributed by atoms with Gasteiger partial charge >= 0.3 is 0 Å². The molecule has 2 heterocycles. The van der Waals surface area contributed by atoms with E-state index in [9.17, 15) is 4.79 Å². The number of nitrogens with zero attached hydrogens (tertiary/aromatic N) is 3. The van der Waals surface area contributed by atoms with Crippen LogP contribution in [0.4, 0.5) is 0 Å². The maximum Gasteiger partial charge on any atom is 0.251 e. The van der Waals surface area contributed by atoms with Crippen LogP contribution in [0.3, 0.4) is 0 Å². The maximum atomic E-state index is 12.4. The SMILES string of the molecule is N#Cc1nccnc1OC1CCC(NC(=O)Cc2ccc3c(c2)OCO3)CC1. The summed E-state index contributed by atoms with van der Waals surface area (Å²) < 4.78 is 16.5. The number of fused-ring (bicyclic) bond motifs is 1. The summed E-state index contributed by atoms with van der Waals surface area (Å²) in [4.78, 5) is 20.4. The predicted octanol–water partition coefficient (Wildman–Crippen LogP) is 2.13. The van der Waals surface area contributed by atoms with Crippen molar-refractivity contribution in [2.24, 2.45) is 0 Å². The first-order chi connectivity index (χ1) is 13.7. The van der Waals surface area contributed by atoms with Crippen LogP contribution in [0, 0.1) is 11.3 Å². The molecule has 28 heavy (non-hydrogen) atoms. The highest BCUT2D eigenvalue weighted by Gasteiger charge is 2.25. The number of aromatic nitrogens is 2. The van der Waals surface area contributed by atoms with E-state index in [2.05, 4.69) is 15.3 Å². The molecular formula is C20H20N4O4. The zero-order chi connectivity index (χ0) is 19.3. The van der Waals surface area contributed by atoms with Crippen LogP contribution in [-0.4, -0.2) is 34.8 Å². The third-order valence-electron chi connectivity index (χ3n) is 4.89. The zero-order valence-electron chi connectivity index (χ0n) is 15.3. The van der Waals surface area contributed by atoms with E-state index in [1.54, 1.807) is 0 Å². The number of carbonyl (C=O) groups excluding carboxylic acids is 1. The summed E-state index contributed by atoms with van der Waals surface area (Å²) >= 11 is 0. The lowest BCUT2D eigenvalue weighted by atomic mass is 9.92. The first kappa shape index (κ1) is 18.0. The molecular weight excluding hydrogens is 360 g/mol. The molecule has 1 amide bonds. The van der Waals surface area contributed by atoms with Crippen LogP contribution in [0.2, 0.25) is 0 Å². The summed E-state index contributed by atoms with van der Waals surface area (Å²) in [7, 11) is 0.